The normalized spacial score (nSPS) is 18.5. The molecular weight excluding hydrogens is 182 g/mol. The lowest BCUT2D eigenvalue weighted by atomic mass is 9.98. The number of hydrogen-bond acceptors (Lipinski definition) is 2. The van der Waals surface area contributed by atoms with E-state index in [1.54, 1.807) is 0 Å². The molecular formula is C10H13NO3. The zero-order valence-corrected chi connectivity index (χ0v) is 7.88. The lowest BCUT2D eigenvalue weighted by Gasteiger charge is -2.24. The summed E-state index contributed by atoms with van der Waals surface area (Å²) in [6, 6.07) is 0. The summed E-state index contributed by atoms with van der Waals surface area (Å²) in [6.07, 6.45) is 7.57. The number of terminal acetylenes is 1. The molecule has 0 aliphatic heterocycles. The first kappa shape index (κ1) is 10.6. The smallest absolute Gasteiger partial charge is 0.329 e. The Morgan fingerprint density at radius 2 is 2.00 bits per heavy atom. The van der Waals surface area contributed by atoms with Crippen LogP contribution in [0, 0.1) is 12.3 Å². The zero-order chi connectivity index (χ0) is 10.6. The molecule has 1 amide bonds. The standard InChI is InChI=1S/C10H13NO3/c1-2-5-8(12)11-10(9(13)14)6-3-4-7-10/h1H,3-7H2,(H,11,12)(H,13,14). The number of nitrogens with one attached hydrogen (secondary N) is 1. The van der Waals surface area contributed by atoms with Gasteiger partial charge in [0.15, 0.2) is 0 Å². The van der Waals surface area contributed by atoms with E-state index in [1.165, 1.54) is 0 Å². The van der Waals surface area contributed by atoms with Crippen molar-refractivity contribution in [2.24, 2.45) is 0 Å². The quantitative estimate of drug-likeness (QED) is 0.645. The van der Waals surface area contributed by atoms with Crippen molar-refractivity contribution in [3.8, 4) is 12.3 Å². The molecule has 0 bridgehead atoms. The van der Waals surface area contributed by atoms with Gasteiger partial charge in [0.2, 0.25) is 5.91 Å². The van der Waals surface area contributed by atoms with Crippen molar-refractivity contribution < 1.29 is 14.7 Å². The van der Waals surface area contributed by atoms with Crippen molar-refractivity contribution in [1.29, 1.82) is 0 Å². The number of rotatable bonds is 3. The highest BCUT2D eigenvalue weighted by Gasteiger charge is 2.42. The number of aliphatic carboxylic acids is 1. The maximum absolute atomic E-state index is 11.2. The molecule has 4 heteroatoms. The van der Waals surface area contributed by atoms with E-state index in [2.05, 4.69) is 11.2 Å². The average molecular weight is 195 g/mol. The van der Waals surface area contributed by atoms with Gasteiger partial charge in [-0.1, -0.05) is 18.8 Å². The summed E-state index contributed by atoms with van der Waals surface area (Å²) in [5.41, 5.74) is -1.06. The Morgan fingerprint density at radius 3 is 2.43 bits per heavy atom. The van der Waals surface area contributed by atoms with Gasteiger partial charge in [-0.05, 0) is 12.8 Å². The number of carboxylic acids is 1. The molecule has 0 atom stereocenters. The SMILES string of the molecule is C#CCC(=O)NC1(C(=O)O)CCCC1. The van der Waals surface area contributed by atoms with Crippen LogP contribution in [0.3, 0.4) is 0 Å². The van der Waals surface area contributed by atoms with Crippen molar-refractivity contribution in [2.75, 3.05) is 0 Å². The van der Waals surface area contributed by atoms with Crippen LogP contribution in [0.5, 0.6) is 0 Å². The largest absolute Gasteiger partial charge is 0.480 e. The number of carbonyl (C=O) groups excluding carboxylic acids is 1. The predicted molar refractivity (Wildman–Crippen MR) is 50.4 cm³/mol. The Balaban J connectivity index is 2.66. The second-order valence-corrected chi connectivity index (χ2v) is 3.52. The van der Waals surface area contributed by atoms with Crippen LogP contribution in [0.15, 0.2) is 0 Å². The van der Waals surface area contributed by atoms with Gasteiger partial charge in [0.25, 0.3) is 0 Å². The fraction of sp³-hybridized carbons (Fsp3) is 0.600. The summed E-state index contributed by atoms with van der Waals surface area (Å²) in [7, 11) is 0. The molecule has 0 aromatic carbocycles. The Kier molecular flexibility index (Phi) is 3.13. The van der Waals surface area contributed by atoms with Gasteiger partial charge >= 0.3 is 5.97 Å². The fourth-order valence-electron chi connectivity index (χ4n) is 1.77. The molecule has 76 valence electrons. The average Bonchev–Trinajstić information content (AvgIpc) is 2.54. The van der Waals surface area contributed by atoms with Gasteiger partial charge in [-0.25, -0.2) is 4.79 Å². The van der Waals surface area contributed by atoms with E-state index in [9.17, 15) is 9.59 Å². The van der Waals surface area contributed by atoms with Crippen LogP contribution in [0.1, 0.15) is 32.1 Å². The molecule has 14 heavy (non-hydrogen) atoms. The molecule has 1 fully saturated rings. The highest BCUT2D eigenvalue weighted by molar-refractivity contribution is 5.88. The van der Waals surface area contributed by atoms with Crippen molar-refractivity contribution in [3.63, 3.8) is 0 Å². The molecule has 0 radical (unpaired) electrons. The molecule has 4 nitrogen and oxygen atoms in total. The van der Waals surface area contributed by atoms with Gasteiger partial charge in [0, 0.05) is 0 Å². The van der Waals surface area contributed by atoms with Crippen molar-refractivity contribution in [3.05, 3.63) is 0 Å². The predicted octanol–water partition coefficient (Wildman–Crippen LogP) is 0.523. The Bertz CT molecular complexity index is 284. The van der Waals surface area contributed by atoms with Crippen LogP contribution < -0.4 is 5.32 Å². The first-order chi connectivity index (χ1) is 6.60. The van der Waals surface area contributed by atoms with Crippen molar-refractivity contribution in [2.45, 2.75) is 37.6 Å². The molecule has 0 aromatic heterocycles. The fourth-order valence-corrected chi connectivity index (χ4v) is 1.77. The van der Waals surface area contributed by atoms with E-state index in [0.29, 0.717) is 12.8 Å². The van der Waals surface area contributed by atoms with Crippen LogP contribution in [-0.2, 0) is 9.59 Å². The molecule has 0 spiro atoms. The Labute approximate surface area is 82.7 Å². The van der Waals surface area contributed by atoms with E-state index >= 15 is 0 Å². The van der Waals surface area contributed by atoms with E-state index in [4.69, 9.17) is 11.5 Å². The Morgan fingerprint density at radius 1 is 1.43 bits per heavy atom. The summed E-state index contributed by atoms with van der Waals surface area (Å²) >= 11 is 0. The molecule has 1 aliphatic rings. The lowest BCUT2D eigenvalue weighted by Crippen LogP contribution is -2.52. The second-order valence-electron chi connectivity index (χ2n) is 3.52. The van der Waals surface area contributed by atoms with E-state index in [-0.39, 0.29) is 12.3 Å². The van der Waals surface area contributed by atoms with E-state index < -0.39 is 11.5 Å². The Hall–Kier alpha value is -1.50. The summed E-state index contributed by atoms with van der Waals surface area (Å²) in [5, 5.41) is 11.5. The topological polar surface area (TPSA) is 66.4 Å². The summed E-state index contributed by atoms with van der Waals surface area (Å²) < 4.78 is 0. The monoisotopic (exact) mass is 195 g/mol. The van der Waals surface area contributed by atoms with Gasteiger partial charge in [-0.2, -0.15) is 0 Å². The first-order valence-corrected chi connectivity index (χ1v) is 4.58. The summed E-state index contributed by atoms with van der Waals surface area (Å²) in [5.74, 6) is 0.857. The van der Waals surface area contributed by atoms with Gasteiger partial charge in [0.05, 0.1) is 6.42 Å². The van der Waals surface area contributed by atoms with Crippen molar-refractivity contribution >= 4 is 11.9 Å². The minimum Gasteiger partial charge on any atom is -0.480 e. The molecule has 2 N–H and O–H groups in total. The van der Waals surface area contributed by atoms with Crippen LogP contribution in [0.2, 0.25) is 0 Å². The molecule has 0 aromatic rings. The van der Waals surface area contributed by atoms with Gasteiger partial charge in [-0.15, -0.1) is 6.42 Å². The zero-order valence-electron chi connectivity index (χ0n) is 7.88. The van der Waals surface area contributed by atoms with Crippen molar-refractivity contribution in [1.82, 2.24) is 5.32 Å². The minimum absolute atomic E-state index is 0.0605. The molecule has 1 rings (SSSR count). The maximum atomic E-state index is 11.2. The third kappa shape index (κ3) is 2.05. The maximum Gasteiger partial charge on any atom is 0.329 e. The molecule has 0 heterocycles. The third-order valence-corrected chi connectivity index (χ3v) is 2.51. The molecule has 0 unspecified atom stereocenters. The third-order valence-electron chi connectivity index (χ3n) is 2.51. The first-order valence-electron chi connectivity index (χ1n) is 4.58. The van der Waals surface area contributed by atoms with Gasteiger partial charge < -0.3 is 10.4 Å². The van der Waals surface area contributed by atoms with E-state index in [0.717, 1.165) is 12.8 Å². The molecule has 1 aliphatic carbocycles. The highest BCUT2D eigenvalue weighted by atomic mass is 16.4. The summed E-state index contributed by atoms with van der Waals surface area (Å²) in [4.78, 5) is 22.2. The van der Waals surface area contributed by atoms with Crippen LogP contribution in [-0.4, -0.2) is 22.5 Å². The van der Waals surface area contributed by atoms with Gasteiger partial charge in [-0.3, -0.25) is 4.79 Å². The number of hydrogen-bond donors (Lipinski definition) is 2. The van der Waals surface area contributed by atoms with Crippen LogP contribution in [0.25, 0.3) is 0 Å². The molecule has 1 saturated carbocycles. The van der Waals surface area contributed by atoms with Crippen LogP contribution in [0.4, 0.5) is 0 Å². The van der Waals surface area contributed by atoms with E-state index in [1.807, 2.05) is 0 Å². The summed E-state index contributed by atoms with van der Waals surface area (Å²) in [6.45, 7) is 0. The lowest BCUT2D eigenvalue weighted by molar-refractivity contribution is -0.147. The van der Waals surface area contributed by atoms with Crippen LogP contribution >= 0.6 is 0 Å². The number of amides is 1. The minimum atomic E-state index is -1.06. The highest BCUT2D eigenvalue weighted by Crippen LogP contribution is 2.29. The van der Waals surface area contributed by atoms with Gasteiger partial charge in [0.1, 0.15) is 5.54 Å². The second kappa shape index (κ2) is 4.14. The molecule has 0 saturated heterocycles. The number of carboxylic acid groups (broad SMARTS) is 1. The number of carbonyl (C=O) groups is 2.